The molecular weight excluding hydrogens is 300 g/mol. The van der Waals surface area contributed by atoms with Crippen LogP contribution in [0.25, 0.3) is 11.1 Å². The summed E-state index contributed by atoms with van der Waals surface area (Å²) >= 11 is 0. The number of hydrogen-bond donors (Lipinski definition) is 0. The third-order valence-electron chi connectivity index (χ3n) is 4.71. The van der Waals surface area contributed by atoms with E-state index in [0.29, 0.717) is 12.3 Å². The Hall–Kier alpha value is -2.62. The average Bonchev–Trinajstić information content (AvgIpc) is 3.07. The van der Waals surface area contributed by atoms with E-state index in [1.807, 2.05) is 59.5 Å². The Morgan fingerprint density at radius 2 is 1.75 bits per heavy atom. The van der Waals surface area contributed by atoms with Crippen molar-refractivity contribution in [3.8, 4) is 0 Å². The normalized spacial score (nSPS) is 15.8. The van der Waals surface area contributed by atoms with Crippen LogP contribution in [0.15, 0.2) is 59.0 Å². The lowest BCUT2D eigenvalue weighted by molar-refractivity contribution is -0.131. The minimum atomic E-state index is 0.206. The lowest BCUT2D eigenvalue weighted by atomic mass is 9.96. The molecular formula is C20H20N2O2. The summed E-state index contributed by atoms with van der Waals surface area (Å²) in [7, 11) is 0. The van der Waals surface area contributed by atoms with Gasteiger partial charge in [-0.1, -0.05) is 42.5 Å². The fourth-order valence-corrected chi connectivity index (χ4v) is 3.32. The quantitative estimate of drug-likeness (QED) is 0.738. The number of nitrogens with zero attached hydrogens (tertiary/aromatic N) is 2. The van der Waals surface area contributed by atoms with Crippen molar-refractivity contribution < 1.29 is 9.21 Å². The van der Waals surface area contributed by atoms with Gasteiger partial charge in [-0.25, -0.2) is 4.98 Å². The minimum absolute atomic E-state index is 0.206. The molecule has 2 aromatic carbocycles. The van der Waals surface area contributed by atoms with Gasteiger partial charge < -0.3 is 9.32 Å². The number of carbonyl (C=O) groups is 1. The highest BCUT2D eigenvalue weighted by Gasteiger charge is 2.26. The molecule has 4 nitrogen and oxygen atoms in total. The molecule has 0 unspecified atom stereocenters. The predicted octanol–water partition coefficient (Wildman–Crippen LogP) is 3.78. The van der Waals surface area contributed by atoms with Crippen molar-refractivity contribution >= 4 is 17.0 Å². The van der Waals surface area contributed by atoms with Crippen molar-refractivity contribution in [1.29, 1.82) is 0 Å². The van der Waals surface area contributed by atoms with Gasteiger partial charge >= 0.3 is 0 Å². The predicted molar refractivity (Wildman–Crippen MR) is 92.7 cm³/mol. The molecule has 4 heteroatoms. The first-order valence-corrected chi connectivity index (χ1v) is 8.47. The number of likely N-dealkylation sites (tertiary alicyclic amines) is 1. The smallest absolute Gasteiger partial charge is 0.226 e. The van der Waals surface area contributed by atoms with E-state index in [4.69, 9.17) is 4.42 Å². The molecule has 0 saturated carbocycles. The van der Waals surface area contributed by atoms with Crippen LogP contribution in [-0.2, 0) is 11.2 Å². The summed E-state index contributed by atoms with van der Waals surface area (Å²) in [4.78, 5) is 19.0. The summed E-state index contributed by atoms with van der Waals surface area (Å²) < 4.78 is 5.88. The SMILES string of the molecule is O=C(Cc1ccccc1)N1CCC(c2nc3ccccc3o2)CC1. The Labute approximate surface area is 141 Å². The highest BCUT2D eigenvalue weighted by atomic mass is 16.3. The molecule has 0 bridgehead atoms. The number of carbonyl (C=O) groups excluding carboxylic acids is 1. The van der Waals surface area contributed by atoms with E-state index in [1.165, 1.54) is 0 Å². The highest BCUT2D eigenvalue weighted by molar-refractivity contribution is 5.79. The maximum Gasteiger partial charge on any atom is 0.226 e. The van der Waals surface area contributed by atoms with Crippen molar-refractivity contribution in [2.24, 2.45) is 0 Å². The number of benzene rings is 2. The standard InChI is InChI=1S/C20H20N2O2/c23-19(14-15-6-2-1-3-7-15)22-12-10-16(11-13-22)20-21-17-8-4-5-9-18(17)24-20/h1-9,16H,10-14H2. The van der Waals surface area contributed by atoms with Gasteiger partial charge in [-0.3, -0.25) is 4.79 Å². The van der Waals surface area contributed by atoms with Gasteiger partial charge in [-0.15, -0.1) is 0 Å². The molecule has 0 radical (unpaired) electrons. The largest absolute Gasteiger partial charge is 0.440 e. The van der Waals surface area contributed by atoms with Crippen LogP contribution in [-0.4, -0.2) is 28.9 Å². The van der Waals surface area contributed by atoms with E-state index in [1.54, 1.807) is 0 Å². The molecule has 0 spiro atoms. The van der Waals surface area contributed by atoms with Gasteiger partial charge in [0, 0.05) is 19.0 Å². The molecule has 1 saturated heterocycles. The van der Waals surface area contributed by atoms with Crippen LogP contribution in [0.2, 0.25) is 0 Å². The zero-order valence-electron chi connectivity index (χ0n) is 13.5. The minimum Gasteiger partial charge on any atom is -0.440 e. The van der Waals surface area contributed by atoms with E-state index in [0.717, 1.165) is 48.5 Å². The number of amides is 1. The fourth-order valence-electron chi connectivity index (χ4n) is 3.32. The molecule has 1 aliphatic rings. The van der Waals surface area contributed by atoms with Gasteiger partial charge in [-0.2, -0.15) is 0 Å². The van der Waals surface area contributed by atoms with Crippen LogP contribution in [0, 0.1) is 0 Å². The third kappa shape index (κ3) is 3.04. The lowest BCUT2D eigenvalue weighted by Crippen LogP contribution is -2.38. The van der Waals surface area contributed by atoms with Gasteiger partial charge in [0.1, 0.15) is 5.52 Å². The van der Waals surface area contributed by atoms with Crippen molar-refractivity contribution in [3.05, 3.63) is 66.1 Å². The average molecular weight is 320 g/mol. The number of rotatable bonds is 3. The van der Waals surface area contributed by atoms with Crippen LogP contribution < -0.4 is 0 Å². The Bertz CT molecular complexity index is 800. The second-order valence-electron chi connectivity index (χ2n) is 6.34. The van der Waals surface area contributed by atoms with E-state index in [2.05, 4.69) is 4.98 Å². The molecule has 1 aromatic heterocycles. The van der Waals surface area contributed by atoms with Crippen LogP contribution >= 0.6 is 0 Å². The number of hydrogen-bond acceptors (Lipinski definition) is 3. The van der Waals surface area contributed by atoms with Gasteiger partial charge in [0.05, 0.1) is 6.42 Å². The van der Waals surface area contributed by atoms with E-state index in [9.17, 15) is 4.79 Å². The van der Waals surface area contributed by atoms with Crippen molar-refractivity contribution in [2.75, 3.05) is 13.1 Å². The van der Waals surface area contributed by atoms with Crippen LogP contribution in [0.5, 0.6) is 0 Å². The summed E-state index contributed by atoms with van der Waals surface area (Å²) in [5.74, 6) is 1.32. The van der Waals surface area contributed by atoms with Crippen molar-refractivity contribution in [1.82, 2.24) is 9.88 Å². The topological polar surface area (TPSA) is 46.3 Å². The summed E-state index contributed by atoms with van der Waals surface area (Å²) in [6, 6.07) is 17.8. The zero-order valence-corrected chi connectivity index (χ0v) is 13.5. The first-order chi connectivity index (χ1) is 11.8. The first kappa shape index (κ1) is 14.9. The Kier molecular flexibility index (Phi) is 4.03. The van der Waals surface area contributed by atoms with Gasteiger partial charge in [0.25, 0.3) is 0 Å². The van der Waals surface area contributed by atoms with Crippen LogP contribution in [0.4, 0.5) is 0 Å². The van der Waals surface area contributed by atoms with Gasteiger partial charge in [-0.05, 0) is 30.5 Å². The van der Waals surface area contributed by atoms with Crippen molar-refractivity contribution in [3.63, 3.8) is 0 Å². The summed E-state index contributed by atoms with van der Waals surface area (Å²) in [6.45, 7) is 1.55. The van der Waals surface area contributed by atoms with Gasteiger partial charge in [0.2, 0.25) is 5.91 Å². The molecule has 24 heavy (non-hydrogen) atoms. The molecule has 1 fully saturated rings. The zero-order chi connectivity index (χ0) is 16.4. The summed E-state index contributed by atoms with van der Waals surface area (Å²) in [6.07, 6.45) is 2.30. The van der Waals surface area contributed by atoms with E-state index in [-0.39, 0.29) is 5.91 Å². The number of oxazole rings is 1. The van der Waals surface area contributed by atoms with Gasteiger partial charge in [0.15, 0.2) is 11.5 Å². The molecule has 122 valence electrons. The van der Waals surface area contributed by atoms with Crippen LogP contribution in [0.1, 0.15) is 30.2 Å². The maximum atomic E-state index is 12.4. The lowest BCUT2D eigenvalue weighted by Gasteiger charge is -2.30. The van der Waals surface area contributed by atoms with E-state index < -0.39 is 0 Å². The highest BCUT2D eigenvalue weighted by Crippen LogP contribution is 2.30. The second kappa shape index (κ2) is 6.48. The van der Waals surface area contributed by atoms with E-state index >= 15 is 0 Å². The summed E-state index contributed by atoms with van der Waals surface area (Å²) in [5.41, 5.74) is 2.83. The first-order valence-electron chi connectivity index (χ1n) is 8.47. The number of para-hydroxylation sites is 2. The second-order valence-corrected chi connectivity index (χ2v) is 6.34. The fraction of sp³-hybridized carbons (Fsp3) is 0.300. The Morgan fingerprint density at radius 3 is 2.50 bits per heavy atom. The monoisotopic (exact) mass is 320 g/mol. The molecule has 0 atom stereocenters. The number of fused-ring (bicyclic) bond motifs is 1. The van der Waals surface area contributed by atoms with Crippen molar-refractivity contribution in [2.45, 2.75) is 25.2 Å². The summed E-state index contributed by atoms with van der Waals surface area (Å²) in [5, 5.41) is 0. The molecule has 0 N–H and O–H groups in total. The molecule has 0 aliphatic carbocycles. The molecule has 1 amide bonds. The maximum absolute atomic E-state index is 12.4. The van der Waals surface area contributed by atoms with Crippen LogP contribution in [0.3, 0.4) is 0 Å². The molecule has 4 rings (SSSR count). The number of piperidine rings is 1. The molecule has 2 heterocycles. The molecule has 1 aliphatic heterocycles. The Morgan fingerprint density at radius 1 is 1.04 bits per heavy atom. The molecule has 3 aromatic rings. The third-order valence-corrected chi connectivity index (χ3v) is 4.71. The Balaban J connectivity index is 1.38. The number of aromatic nitrogens is 1.